The molecule has 5 rings (SSSR count). The predicted molar refractivity (Wildman–Crippen MR) is 134 cm³/mol. The van der Waals surface area contributed by atoms with Gasteiger partial charge in [-0.15, -0.1) is 0 Å². The lowest BCUT2D eigenvalue weighted by molar-refractivity contribution is -0.126. The standard InChI is InChI=1S/C28H32N4O4/c1-19-6-8-21(9-7-19)25-16-32-18-30-26(24(32)17-36-25)28(34)31-12-10-22(11-13-31)27(33)29-15-20-4-3-5-23(14-20)35-2/h3-9,14,18,22,25H,10-13,15-17H2,1-2H3,(H,29,33)/t25-/m1/s1. The van der Waals surface area contributed by atoms with Crippen LogP contribution in [-0.2, 0) is 29.2 Å². The third-order valence-corrected chi connectivity index (χ3v) is 7.14. The van der Waals surface area contributed by atoms with E-state index in [9.17, 15) is 9.59 Å². The number of imidazole rings is 1. The Hall–Kier alpha value is -3.65. The highest BCUT2D eigenvalue weighted by molar-refractivity contribution is 5.93. The van der Waals surface area contributed by atoms with Crippen molar-refractivity contribution in [3.63, 3.8) is 0 Å². The predicted octanol–water partition coefficient (Wildman–Crippen LogP) is 3.64. The number of hydrogen-bond donors (Lipinski definition) is 1. The number of hydrogen-bond acceptors (Lipinski definition) is 5. The summed E-state index contributed by atoms with van der Waals surface area (Å²) in [7, 11) is 1.63. The van der Waals surface area contributed by atoms with Gasteiger partial charge in [0.25, 0.3) is 5.91 Å². The average Bonchev–Trinajstić information content (AvgIpc) is 3.35. The summed E-state index contributed by atoms with van der Waals surface area (Å²) in [6, 6.07) is 16.0. The molecule has 0 spiro atoms. The van der Waals surface area contributed by atoms with Crippen molar-refractivity contribution in [3.05, 3.63) is 82.9 Å². The lowest BCUT2D eigenvalue weighted by Gasteiger charge is -2.31. The highest BCUT2D eigenvalue weighted by atomic mass is 16.5. The topological polar surface area (TPSA) is 85.7 Å². The normalized spacial score (nSPS) is 17.9. The van der Waals surface area contributed by atoms with Gasteiger partial charge in [-0.1, -0.05) is 42.0 Å². The van der Waals surface area contributed by atoms with Gasteiger partial charge >= 0.3 is 0 Å². The molecule has 0 aliphatic carbocycles. The number of methoxy groups -OCH3 is 1. The number of aromatic nitrogens is 2. The van der Waals surface area contributed by atoms with Gasteiger partial charge in [0.05, 0.1) is 32.3 Å². The molecular formula is C28H32N4O4. The summed E-state index contributed by atoms with van der Waals surface area (Å²) in [6.07, 6.45) is 2.96. The molecule has 0 bridgehead atoms. The maximum Gasteiger partial charge on any atom is 0.274 e. The first-order valence-corrected chi connectivity index (χ1v) is 12.4. The van der Waals surface area contributed by atoms with Crippen molar-refractivity contribution >= 4 is 11.8 Å². The number of ether oxygens (including phenoxy) is 2. The molecule has 1 atom stereocenters. The molecule has 2 aliphatic heterocycles. The van der Waals surface area contributed by atoms with Crippen LogP contribution in [0.5, 0.6) is 5.75 Å². The molecule has 8 heteroatoms. The van der Waals surface area contributed by atoms with Crippen LogP contribution in [0.1, 0.15) is 51.8 Å². The lowest BCUT2D eigenvalue weighted by atomic mass is 9.95. The zero-order valence-electron chi connectivity index (χ0n) is 20.8. The van der Waals surface area contributed by atoms with E-state index in [1.165, 1.54) is 5.56 Å². The zero-order chi connectivity index (χ0) is 25.1. The second-order valence-corrected chi connectivity index (χ2v) is 9.54. The number of fused-ring (bicyclic) bond motifs is 1. The van der Waals surface area contributed by atoms with E-state index < -0.39 is 0 Å². The van der Waals surface area contributed by atoms with Gasteiger partial charge in [-0.05, 0) is 43.0 Å². The Morgan fingerprint density at radius 1 is 1.14 bits per heavy atom. The maximum atomic E-state index is 13.3. The third kappa shape index (κ3) is 5.14. The van der Waals surface area contributed by atoms with Gasteiger partial charge in [0.1, 0.15) is 11.9 Å². The van der Waals surface area contributed by atoms with Crippen LogP contribution in [0.25, 0.3) is 0 Å². The monoisotopic (exact) mass is 488 g/mol. The molecule has 8 nitrogen and oxygen atoms in total. The molecule has 188 valence electrons. The molecule has 1 N–H and O–H groups in total. The molecule has 36 heavy (non-hydrogen) atoms. The minimum absolute atomic E-state index is 0.0276. The minimum atomic E-state index is -0.103. The number of likely N-dealkylation sites (tertiary alicyclic amines) is 1. The van der Waals surface area contributed by atoms with Crippen molar-refractivity contribution in [1.29, 1.82) is 0 Å². The quantitative estimate of drug-likeness (QED) is 0.573. The van der Waals surface area contributed by atoms with E-state index in [0.717, 1.165) is 22.6 Å². The molecule has 3 heterocycles. The zero-order valence-corrected chi connectivity index (χ0v) is 20.8. The Balaban J connectivity index is 1.14. The summed E-state index contributed by atoms with van der Waals surface area (Å²) < 4.78 is 13.4. The van der Waals surface area contributed by atoms with Crippen LogP contribution in [0.3, 0.4) is 0 Å². The number of nitrogens with one attached hydrogen (secondary N) is 1. The van der Waals surface area contributed by atoms with E-state index in [2.05, 4.69) is 41.5 Å². The number of amides is 2. The largest absolute Gasteiger partial charge is 0.497 e. The molecule has 1 saturated heterocycles. The van der Waals surface area contributed by atoms with Crippen molar-refractivity contribution in [1.82, 2.24) is 19.8 Å². The maximum absolute atomic E-state index is 13.3. The average molecular weight is 489 g/mol. The van der Waals surface area contributed by atoms with Crippen LogP contribution >= 0.6 is 0 Å². The Morgan fingerprint density at radius 3 is 2.67 bits per heavy atom. The third-order valence-electron chi connectivity index (χ3n) is 7.14. The van der Waals surface area contributed by atoms with Crippen LogP contribution < -0.4 is 10.1 Å². The van der Waals surface area contributed by atoms with E-state index in [1.54, 1.807) is 18.3 Å². The molecule has 1 fully saturated rings. The van der Waals surface area contributed by atoms with Crippen molar-refractivity contribution in [3.8, 4) is 5.75 Å². The van der Waals surface area contributed by atoms with E-state index in [0.29, 0.717) is 51.3 Å². The van der Waals surface area contributed by atoms with Gasteiger partial charge in [-0.25, -0.2) is 4.98 Å². The fraction of sp³-hybridized carbons (Fsp3) is 0.393. The van der Waals surface area contributed by atoms with Crippen LogP contribution in [0.15, 0.2) is 54.9 Å². The van der Waals surface area contributed by atoms with Crippen LogP contribution in [0.4, 0.5) is 0 Å². The number of carbonyl (C=O) groups is 2. The number of aryl methyl sites for hydroxylation is 1. The molecule has 2 aromatic carbocycles. The highest BCUT2D eigenvalue weighted by Gasteiger charge is 2.32. The van der Waals surface area contributed by atoms with Crippen molar-refractivity contribution in [2.75, 3.05) is 20.2 Å². The van der Waals surface area contributed by atoms with Crippen molar-refractivity contribution in [2.45, 2.75) is 45.6 Å². The molecule has 2 amide bonds. The summed E-state index contributed by atoms with van der Waals surface area (Å²) in [6.45, 7) is 4.58. The van der Waals surface area contributed by atoms with E-state index >= 15 is 0 Å². The van der Waals surface area contributed by atoms with E-state index in [1.807, 2.05) is 28.8 Å². The fourth-order valence-electron chi connectivity index (χ4n) is 4.90. The minimum Gasteiger partial charge on any atom is -0.497 e. The molecule has 2 aliphatic rings. The fourth-order valence-corrected chi connectivity index (χ4v) is 4.90. The molecule has 3 aromatic rings. The van der Waals surface area contributed by atoms with Gasteiger partial charge in [0.2, 0.25) is 5.91 Å². The summed E-state index contributed by atoms with van der Waals surface area (Å²) in [4.78, 5) is 32.2. The number of rotatable bonds is 6. The van der Waals surface area contributed by atoms with Crippen LogP contribution in [-0.4, -0.2) is 46.5 Å². The number of piperidine rings is 1. The number of carbonyl (C=O) groups excluding carboxylic acids is 2. The molecule has 0 radical (unpaired) electrons. The van der Waals surface area contributed by atoms with Gasteiger partial charge in [0.15, 0.2) is 5.69 Å². The van der Waals surface area contributed by atoms with Crippen LogP contribution in [0.2, 0.25) is 0 Å². The Labute approximate surface area is 211 Å². The summed E-state index contributed by atoms with van der Waals surface area (Å²) in [5.74, 6) is 0.608. The van der Waals surface area contributed by atoms with E-state index in [4.69, 9.17) is 9.47 Å². The summed E-state index contributed by atoms with van der Waals surface area (Å²) >= 11 is 0. The summed E-state index contributed by atoms with van der Waals surface area (Å²) in [5, 5.41) is 3.02. The number of benzene rings is 2. The van der Waals surface area contributed by atoms with Crippen LogP contribution in [0, 0.1) is 12.8 Å². The Kier molecular flexibility index (Phi) is 7.04. The first kappa shape index (κ1) is 24.1. The molecular weight excluding hydrogens is 456 g/mol. The first-order valence-electron chi connectivity index (χ1n) is 12.4. The molecule has 0 unspecified atom stereocenters. The molecule has 1 aromatic heterocycles. The second-order valence-electron chi connectivity index (χ2n) is 9.54. The SMILES string of the molecule is COc1cccc(CNC(=O)C2CCN(C(=O)c3ncn4c3CO[C@@H](c3ccc(C)cc3)C4)CC2)c1. The first-order chi connectivity index (χ1) is 17.5. The van der Waals surface area contributed by atoms with Gasteiger partial charge < -0.3 is 24.3 Å². The van der Waals surface area contributed by atoms with Crippen molar-refractivity contribution in [2.24, 2.45) is 5.92 Å². The molecule has 0 saturated carbocycles. The van der Waals surface area contributed by atoms with Gasteiger partial charge in [-0.3, -0.25) is 9.59 Å². The van der Waals surface area contributed by atoms with Gasteiger partial charge in [-0.2, -0.15) is 0 Å². The number of nitrogens with zero attached hydrogens (tertiary/aromatic N) is 3. The van der Waals surface area contributed by atoms with Crippen molar-refractivity contribution < 1.29 is 19.1 Å². The Morgan fingerprint density at radius 2 is 1.92 bits per heavy atom. The lowest BCUT2D eigenvalue weighted by Crippen LogP contribution is -2.43. The van der Waals surface area contributed by atoms with E-state index in [-0.39, 0.29) is 23.8 Å². The smallest absolute Gasteiger partial charge is 0.274 e. The highest BCUT2D eigenvalue weighted by Crippen LogP contribution is 2.29. The Bertz CT molecular complexity index is 1230. The van der Waals surface area contributed by atoms with Gasteiger partial charge in [0, 0.05) is 25.6 Å². The second kappa shape index (κ2) is 10.5. The summed E-state index contributed by atoms with van der Waals surface area (Å²) in [5.41, 5.74) is 4.61.